The third kappa shape index (κ3) is 6.03. The summed E-state index contributed by atoms with van der Waals surface area (Å²) in [7, 11) is 2.65. The zero-order valence-corrected chi connectivity index (χ0v) is 21.9. The van der Waals surface area contributed by atoms with Crippen molar-refractivity contribution in [2.45, 2.75) is 6.54 Å². The van der Waals surface area contributed by atoms with Crippen LogP contribution in [0.25, 0.3) is 6.08 Å². The van der Waals surface area contributed by atoms with Crippen LogP contribution in [0, 0.1) is 0 Å². The fourth-order valence-corrected chi connectivity index (χ4v) is 4.01. The van der Waals surface area contributed by atoms with Crippen LogP contribution < -0.4 is 20.1 Å². The number of carbonyl (C=O) groups is 4. The molecule has 38 heavy (non-hydrogen) atoms. The zero-order valence-electron chi connectivity index (χ0n) is 20.3. The number of nitrogens with one attached hydrogen (secondary N) is 2. The molecule has 1 aliphatic heterocycles. The maximum absolute atomic E-state index is 13.0. The number of amides is 4. The first-order valence-electron chi connectivity index (χ1n) is 11.2. The molecule has 2 heterocycles. The van der Waals surface area contributed by atoms with E-state index in [9.17, 15) is 19.2 Å². The van der Waals surface area contributed by atoms with Gasteiger partial charge in [0, 0.05) is 15.7 Å². The van der Waals surface area contributed by atoms with Gasteiger partial charge in [0.05, 0.1) is 20.8 Å². The van der Waals surface area contributed by atoms with Gasteiger partial charge >= 0.3 is 12.0 Å². The first kappa shape index (κ1) is 26.5. The standard InChI is InChI=1S/C26H22BrN3O8/c1-35-21-12-16(27)10-15(23(21)37-14-22(31)28-17-6-4-3-5-7-17)11-19-24(32)30(26(34)29-19)13-18-8-9-20(38-18)25(33)36-2/h3-12H,13-14H2,1-2H3,(H,28,31)(H,29,34)/b19-11+. The highest BCUT2D eigenvalue weighted by Gasteiger charge is 2.35. The van der Waals surface area contributed by atoms with Crippen LogP contribution in [0.2, 0.25) is 0 Å². The van der Waals surface area contributed by atoms with Gasteiger partial charge in [0.1, 0.15) is 11.5 Å². The van der Waals surface area contributed by atoms with Crippen LogP contribution in [0.1, 0.15) is 21.9 Å². The van der Waals surface area contributed by atoms with E-state index in [1.807, 2.05) is 6.07 Å². The van der Waals surface area contributed by atoms with Crippen molar-refractivity contribution in [2.75, 3.05) is 26.1 Å². The minimum Gasteiger partial charge on any atom is -0.493 e. The molecular weight excluding hydrogens is 562 g/mol. The van der Waals surface area contributed by atoms with Crippen molar-refractivity contribution in [3.05, 3.63) is 81.9 Å². The quantitative estimate of drug-likeness (QED) is 0.219. The summed E-state index contributed by atoms with van der Waals surface area (Å²) < 4.78 is 21.8. The molecule has 11 nitrogen and oxygen atoms in total. The van der Waals surface area contributed by atoms with Crippen LogP contribution in [0.15, 0.2) is 69.2 Å². The number of hydrogen-bond acceptors (Lipinski definition) is 8. The second-order valence-corrected chi connectivity index (χ2v) is 8.78. The molecule has 2 N–H and O–H groups in total. The van der Waals surface area contributed by atoms with E-state index in [1.54, 1.807) is 36.4 Å². The van der Waals surface area contributed by atoms with Crippen LogP contribution >= 0.6 is 15.9 Å². The lowest BCUT2D eigenvalue weighted by molar-refractivity contribution is -0.123. The summed E-state index contributed by atoms with van der Waals surface area (Å²) in [5.74, 6) is -1.04. The number of ether oxygens (including phenoxy) is 3. The maximum Gasteiger partial charge on any atom is 0.373 e. The molecule has 1 aromatic heterocycles. The molecule has 1 fully saturated rings. The van der Waals surface area contributed by atoms with Gasteiger partial charge in [0.2, 0.25) is 5.76 Å². The minimum absolute atomic E-state index is 0.0338. The molecular formula is C26H22BrN3O8. The molecule has 0 unspecified atom stereocenters. The number of carbonyl (C=O) groups excluding carboxylic acids is 4. The molecule has 0 atom stereocenters. The Morgan fingerprint density at radius 3 is 2.58 bits per heavy atom. The summed E-state index contributed by atoms with van der Waals surface area (Å²) >= 11 is 3.39. The summed E-state index contributed by atoms with van der Waals surface area (Å²) in [5.41, 5.74) is 0.953. The molecule has 0 radical (unpaired) electrons. The predicted octanol–water partition coefficient (Wildman–Crippen LogP) is 3.95. The molecule has 3 aromatic rings. The monoisotopic (exact) mass is 583 g/mol. The average Bonchev–Trinajstić information content (AvgIpc) is 3.48. The predicted molar refractivity (Wildman–Crippen MR) is 138 cm³/mol. The van der Waals surface area contributed by atoms with Gasteiger partial charge in [0.15, 0.2) is 18.1 Å². The van der Waals surface area contributed by atoms with Gasteiger partial charge in [-0.1, -0.05) is 34.1 Å². The molecule has 2 aromatic carbocycles. The van der Waals surface area contributed by atoms with Crippen molar-refractivity contribution in [2.24, 2.45) is 0 Å². The van der Waals surface area contributed by atoms with Gasteiger partial charge in [0.25, 0.3) is 11.8 Å². The van der Waals surface area contributed by atoms with E-state index in [1.165, 1.54) is 32.4 Å². The fourth-order valence-electron chi connectivity index (χ4n) is 3.56. The van der Waals surface area contributed by atoms with Crippen molar-refractivity contribution >= 4 is 51.5 Å². The number of urea groups is 1. The molecule has 1 saturated heterocycles. The number of para-hydroxylation sites is 1. The third-order valence-electron chi connectivity index (χ3n) is 5.30. The van der Waals surface area contributed by atoms with Crippen LogP contribution in [-0.4, -0.2) is 49.5 Å². The molecule has 196 valence electrons. The van der Waals surface area contributed by atoms with Crippen LogP contribution in [-0.2, 0) is 20.9 Å². The summed E-state index contributed by atoms with van der Waals surface area (Å²) in [4.78, 5) is 50.5. The number of halogens is 1. The Balaban J connectivity index is 1.54. The number of imide groups is 1. The molecule has 0 aliphatic carbocycles. The second-order valence-electron chi connectivity index (χ2n) is 7.87. The van der Waals surface area contributed by atoms with E-state index < -0.39 is 23.8 Å². The van der Waals surface area contributed by atoms with Gasteiger partial charge in [-0.05, 0) is 42.5 Å². The van der Waals surface area contributed by atoms with Gasteiger partial charge in [-0.3, -0.25) is 14.5 Å². The number of hydrogen-bond donors (Lipinski definition) is 2. The Kier molecular flexibility index (Phi) is 8.12. The van der Waals surface area contributed by atoms with Crippen molar-refractivity contribution < 1.29 is 37.8 Å². The average molecular weight is 584 g/mol. The first-order valence-corrected chi connectivity index (χ1v) is 11.9. The van der Waals surface area contributed by atoms with E-state index in [0.29, 0.717) is 21.5 Å². The molecule has 1 aliphatic rings. The van der Waals surface area contributed by atoms with Gasteiger partial charge in [-0.2, -0.15) is 0 Å². The summed E-state index contributed by atoms with van der Waals surface area (Å²) in [6.07, 6.45) is 1.42. The molecule has 0 saturated carbocycles. The molecule has 0 bridgehead atoms. The summed E-state index contributed by atoms with van der Waals surface area (Å²) in [6.45, 7) is -0.541. The Hall–Kier alpha value is -4.58. The minimum atomic E-state index is -0.678. The number of benzene rings is 2. The SMILES string of the molecule is COC(=O)c1ccc(CN2C(=O)N/C(=C/c3cc(Br)cc(OC)c3OCC(=O)Nc3ccccc3)C2=O)o1. The Morgan fingerprint density at radius 1 is 1.11 bits per heavy atom. The molecule has 12 heteroatoms. The van der Waals surface area contributed by atoms with Gasteiger partial charge < -0.3 is 29.3 Å². The Bertz CT molecular complexity index is 1420. The number of rotatable bonds is 9. The number of nitrogens with zero attached hydrogens (tertiary/aromatic N) is 1. The Labute approximate surface area is 225 Å². The van der Waals surface area contributed by atoms with Gasteiger partial charge in [-0.25, -0.2) is 9.59 Å². The highest BCUT2D eigenvalue weighted by Crippen LogP contribution is 2.36. The normalized spacial score (nSPS) is 13.9. The van der Waals surface area contributed by atoms with Crippen molar-refractivity contribution in [3.63, 3.8) is 0 Å². The smallest absolute Gasteiger partial charge is 0.373 e. The molecule has 0 spiro atoms. The van der Waals surface area contributed by atoms with Crippen LogP contribution in [0.3, 0.4) is 0 Å². The van der Waals surface area contributed by atoms with Crippen LogP contribution in [0.4, 0.5) is 10.5 Å². The van der Waals surface area contributed by atoms with Crippen molar-refractivity contribution in [1.29, 1.82) is 0 Å². The number of furan rings is 1. The van der Waals surface area contributed by atoms with E-state index in [2.05, 4.69) is 31.3 Å². The van der Waals surface area contributed by atoms with Crippen molar-refractivity contribution in [3.8, 4) is 11.5 Å². The summed E-state index contributed by atoms with van der Waals surface area (Å²) in [5, 5.41) is 5.24. The second kappa shape index (κ2) is 11.6. The lowest BCUT2D eigenvalue weighted by atomic mass is 10.1. The molecule has 4 rings (SSSR count). The molecule has 4 amide bonds. The summed E-state index contributed by atoms with van der Waals surface area (Å²) in [6, 6.07) is 14.4. The lowest BCUT2D eigenvalue weighted by Gasteiger charge is -2.14. The van der Waals surface area contributed by atoms with Gasteiger partial charge in [-0.15, -0.1) is 0 Å². The third-order valence-corrected chi connectivity index (χ3v) is 5.76. The number of methoxy groups -OCH3 is 2. The Morgan fingerprint density at radius 2 is 1.87 bits per heavy atom. The topological polar surface area (TPSA) is 136 Å². The first-order chi connectivity index (χ1) is 18.3. The lowest BCUT2D eigenvalue weighted by Crippen LogP contribution is -2.30. The van der Waals surface area contributed by atoms with E-state index in [4.69, 9.17) is 13.9 Å². The van der Waals surface area contributed by atoms with E-state index >= 15 is 0 Å². The maximum atomic E-state index is 13.0. The van der Waals surface area contributed by atoms with E-state index in [0.717, 1.165) is 4.90 Å². The van der Waals surface area contributed by atoms with Crippen LogP contribution in [0.5, 0.6) is 11.5 Å². The highest BCUT2D eigenvalue weighted by atomic mass is 79.9. The zero-order chi connectivity index (χ0) is 27.2. The van der Waals surface area contributed by atoms with E-state index in [-0.39, 0.29) is 36.1 Å². The largest absolute Gasteiger partial charge is 0.493 e. The number of anilines is 1. The fraction of sp³-hybridized carbons (Fsp3) is 0.154. The highest BCUT2D eigenvalue weighted by molar-refractivity contribution is 9.10. The van der Waals surface area contributed by atoms with Crippen molar-refractivity contribution in [1.82, 2.24) is 10.2 Å². The number of esters is 1.